The summed E-state index contributed by atoms with van der Waals surface area (Å²) in [6, 6.07) is 6.10. The highest BCUT2D eigenvalue weighted by Crippen LogP contribution is 2.46. The van der Waals surface area contributed by atoms with Crippen molar-refractivity contribution in [3.63, 3.8) is 0 Å². The molecule has 1 saturated heterocycles. The largest absolute Gasteiger partial charge is 0.375 e. The first-order valence-corrected chi connectivity index (χ1v) is 8.11. The predicted octanol–water partition coefficient (Wildman–Crippen LogP) is 4.45. The van der Waals surface area contributed by atoms with Crippen molar-refractivity contribution in [2.75, 3.05) is 6.61 Å². The van der Waals surface area contributed by atoms with Gasteiger partial charge in [-0.3, -0.25) is 0 Å². The van der Waals surface area contributed by atoms with Crippen molar-refractivity contribution >= 4 is 27.5 Å². The third-order valence-electron chi connectivity index (χ3n) is 4.63. The summed E-state index contributed by atoms with van der Waals surface area (Å²) < 4.78 is 6.90. The molecule has 2 fully saturated rings. The first-order valence-electron chi connectivity index (χ1n) is 6.94. The third kappa shape index (κ3) is 2.71. The topological polar surface area (TPSA) is 35.2 Å². The quantitative estimate of drug-likeness (QED) is 0.860. The lowest BCUT2D eigenvalue weighted by molar-refractivity contribution is -0.146. The second kappa shape index (κ2) is 5.36. The molecule has 4 heteroatoms. The van der Waals surface area contributed by atoms with Crippen LogP contribution in [0, 0.1) is 5.92 Å². The van der Waals surface area contributed by atoms with E-state index >= 15 is 0 Å². The predicted molar refractivity (Wildman–Crippen MR) is 81.3 cm³/mol. The molecule has 1 aliphatic carbocycles. The van der Waals surface area contributed by atoms with Gasteiger partial charge in [0.1, 0.15) is 0 Å². The second-order valence-electron chi connectivity index (χ2n) is 5.84. The molecule has 1 aliphatic heterocycles. The molecule has 0 radical (unpaired) electrons. The van der Waals surface area contributed by atoms with Gasteiger partial charge in [0.2, 0.25) is 0 Å². The van der Waals surface area contributed by atoms with Gasteiger partial charge in [-0.2, -0.15) is 0 Å². The zero-order chi connectivity index (χ0) is 13.5. The molecule has 0 aromatic heterocycles. The standard InChI is InChI=1S/C15H19BrClNO/c16-12-3-2-10(8-13(12)17)14(18)11-4-7-19-15(9-11)5-1-6-15/h2-3,8,11,14H,1,4-7,9,18H2. The Kier molecular flexibility index (Phi) is 3.91. The van der Waals surface area contributed by atoms with E-state index in [2.05, 4.69) is 22.0 Å². The normalized spacial score (nSPS) is 27.0. The van der Waals surface area contributed by atoms with E-state index in [4.69, 9.17) is 22.1 Å². The molecule has 19 heavy (non-hydrogen) atoms. The van der Waals surface area contributed by atoms with Crippen LogP contribution in [0.5, 0.6) is 0 Å². The lowest BCUT2D eigenvalue weighted by atomic mass is 9.70. The summed E-state index contributed by atoms with van der Waals surface area (Å²) in [5.41, 5.74) is 7.75. The average Bonchev–Trinajstić information content (AvgIpc) is 2.39. The number of rotatable bonds is 2. The highest BCUT2D eigenvalue weighted by atomic mass is 79.9. The fourth-order valence-electron chi connectivity index (χ4n) is 3.28. The minimum absolute atomic E-state index is 0.0620. The molecule has 1 aromatic rings. The molecule has 1 aromatic carbocycles. The summed E-state index contributed by atoms with van der Waals surface area (Å²) in [5.74, 6) is 0.506. The van der Waals surface area contributed by atoms with Crippen LogP contribution in [-0.4, -0.2) is 12.2 Å². The van der Waals surface area contributed by atoms with E-state index in [1.165, 1.54) is 19.3 Å². The Hall–Kier alpha value is -0.0900. The van der Waals surface area contributed by atoms with Gasteiger partial charge in [-0.05, 0) is 71.6 Å². The first-order chi connectivity index (χ1) is 9.10. The van der Waals surface area contributed by atoms with Gasteiger partial charge in [-0.15, -0.1) is 0 Å². The molecule has 1 heterocycles. The Morgan fingerprint density at radius 2 is 2.21 bits per heavy atom. The van der Waals surface area contributed by atoms with Crippen LogP contribution in [-0.2, 0) is 4.74 Å². The maximum Gasteiger partial charge on any atom is 0.0686 e. The molecule has 1 spiro atoms. The molecule has 2 nitrogen and oxygen atoms in total. The molecule has 2 unspecified atom stereocenters. The third-order valence-corrected chi connectivity index (χ3v) is 5.86. The lowest BCUT2D eigenvalue weighted by Gasteiger charge is -2.48. The molecular weight excluding hydrogens is 326 g/mol. The van der Waals surface area contributed by atoms with Gasteiger partial charge in [-0.25, -0.2) is 0 Å². The van der Waals surface area contributed by atoms with Crippen molar-refractivity contribution in [1.29, 1.82) is 0 Å². The van der Waals surface area contributed by atoms with E-state index in [-0.39, 0.29) is 11.6 Å². The summed E-state index contributed by atoms with van der Waals surface area (Å²) in [5, 5.41) is 0.735. The summed E-state index contributed by atoms with van der Waals surface area (Å²) >= 11 is 9.58. The lowest BCUT2D eigenvalue weighted by Crippen LogP contribution is -2.47. The summed E-state index contributed by atoms with van der Waals surface area (Å²) in [6.45, 7) is 0.850. The maximum absolute atomic E-state index is 6.46. The minimum atomic E-state index is 0.0620. The molecule has 1 saturated carbocycles. The Balaban J connectivity index is 1.75. The number of benzene rings is 1. The van der Waals surface area contributed by atoms with Crippen molar-refractivity contribution in [3.8, 4) is 0 Å². The molecule has 2 aliphatic rings. The van der Waals surface area contributed by atoms with Crippen LogP contribution >= 0.6 is 27.5 Å². The fraction of sp³-hybridized carbons (Fsp3) is 0.600. The number of nitrogens with two attached hydrogens (primary N) is 1. The van der Waals surface area contributed by atoms with E-state index in [9.17, 15) is 0 Å². The molecule has 0 amide bonds. The van der Waals surface area contributed by atoms with Crippen LogP contribution in [0.25, 0.3) is 0 Å². The Labute approximate surface area is 127 Å². The van der Waals surface area contributed by atoms with Gasteiger partial charge in [-0.1, -0.05) is 17.7 Å². The SMILES string of the molecule is NC(c1ccc(Br)c(Cl)c1)C1CCOC2(CCC2)C1. The number of hydrogen-bond donors (Lipinski definition) is 1. The fourth-order valence-corrected chi connectivity index (χ4v) is 3.72. The van der Waals surface area contributed by atoms with E-state index in [0.717, 1.165) is 34.5 Å². The van der Waals surface area contributed by atoms with Crippen LogP contribution in [0.3, 0.4) is 0 Å². The molecule has 104 valence electrons. The number of ether oxygens (including phenoxy) is 1. The van der Waals surface area contributed by atoms with E-state index in [1.54, 1.807) is 0 Å². The van der Waals surface area contributed by atoms with Crippen LogP contribution in [0.2, 0.25) is 5.02 Å². The molecular formula is C15H19BrClNO. The van der Waals surface area contributed by atoms with E-state index in [0.29, 0.717) is 5.92 Å². The summed E-state index contributed by atoms with van der Waals surface area (Å²) in [4.78, 5) is 0. The first kappa shape index (κ1) is 13.9. The molecule has 0 bridgehead atoms. The molecule has 2 N–H and O–H groups in total. The average molecular weight is 345 g/mol. The van der Waals surface area contributed by atoms with E-state index in [1.807, 2.05) is 12.1 Å². The van der Waals surface area contributed by atoms with Gasteiger partial charge in [0.15, 0.2) is 0 Å². The van der Waals surface area contributed by atoms with Crippen molar-refractivity contribution in [1.82, 2.24) is 0 Å². The van der Waals surface area contributed by atoms with Crippen LogP contribution < -0.4 is 5.73 Å². The Morgan fingerprint density at radius 3 is 2.84 bits per heavy atom. The zero-order valence-corrected chi connectivity index (χ0v) is 13.2. The van der Waals surface area contributed by atoms with Crippen LogP contribution in [0.1, 0.15) is 43.7 Å². The Bertz CT molecular complexity index is 475. The van der Waals surface area contributed by atoms with Gasteiger partial charge in [0, 0.05) is 17.1 Å². The molecule has 2 atom stereocenters. The number of hydrogen-bond acceptors (Lipinski definition) is 2. The summed E-state index contributed by atoms with van der Waals surface area (Å²) in [7, 11) is 0. The van der Waals surface area contributed by atoms with Crippen molar-refractivity contribution in [2.24, 2.45) is 11.7 Å². The summed E-state index contributed by atoms with van der Waals surface area (Å²) in [6.07, 6.45) is 5.86. The van der Waals surface area contributed by atoms with Gasteiger partial charge in [0.05, 0.1) is 10.6 Å². The van der Waals surface area contributed by atoms with Crippen molar-refractivity contribution in [3.05, 3.63) is 33.3 Å². The molecule has 3 rings (SSSR count). The number of halogens is 2. The van der Waals surface area contributed by atoms with Crippen molar-refractivity contribution in [2.45, 2.75) is 43.7 Å². The Morgan fingerprint density at radius 1 is 1.42 bits per heavy atom. The zero-order valence-electron chi connectivity index (χ0n) is 10.9. The van der Waals surface area contributed by atoms with E-state index < -0.39 is 0 Å². The van der Waals surface area contributed by atoms with Gasteiger partial charge < -0.3 is 10.5 Å². The smallest absolute Gasteiger partial charge is 0.0686 e. The maximum atomic E-state index is 6.46. The second-order valence-corrected chi connectivity index (χ2v) is 7.10. The van der Waals surface area contributed by atoms with Crippen molar-refractivity contribution < 1.29 is 4.74 Å². The van der Waals surface area contributed by atoms with Crippen LogP contribution in [0.15, 0.2) is 22.7 Å². The van der Waals surface area contributed by atoms with Gasteiger partial charge in [0.25, 0.3) is 0 Å². The van der Waals surface area contributed by atoms with Gasteiger partial charge >= 0.3 is 0 Å². The monoisotopic (exact) mass is 343 g/mol. The highest BCUT2D eigenvalue weighted by molar-refractivity contribution is 9.10. The van der Waals surface area contributed by atoms with Crippen LogP contribution in [0.4, 0.5) is 0 Å². The minimum Gasteiger partial charge on any atom is -0.375 e. The highest BCUT2D eigenvalue weighted by Gasteiger charge is 2.43.